The van der Waals surface area contributed by atoms with Crippen LogP contribution in [0.2, 0.25) is 0 Å². The van der Waals surface area contributed by atoms with Crippen LogP contribution in [-0.4, -0.2) is 47.6 Å². The number of ether oxygens (including phenoxy) is 2. The fourth-order valence-corrected chi connectivity index (χ4v) is 6.31. The van der Waals surface area contributed by atoms with Crippen molar-refractivity contribution in [2.75, 3.05) is 24.5 Å². The van der Waals surface area contributed by atoms with Crippen molar-refractivity contribution in [1.29, 1.82) is 0 Å². The average molecular weight is 555 g/mol. The van der Waals surface area contributed by atoms with Crippen molar-refractivity contribution in [3.63, 3.8) is 0 Å². The minimum atomic E-state index is -0.663. The van der Waals surface area contributed by atoms with Gasteiger partial charge in [-0.1, -0.05) is 74.7 Å². The van der Waals surface area contributed by atoms with Crippen molar-refractivity contribution in [2.45, 2.75) is 64.1 Å². The van der Waals surface area contributed by atoms with Crippen LogP contribution in [0.1, 0.15) is 88.8 Å². The normalized spacial score (nSPS) is 25.6. The second kappa shape index (κ2) is 12.2. The lowest BCUT2D eigenvalue weighted by molar-refractivity contribution is -0.276. The van der Waals surface area contributed by atoms with Gasteiger partial charge in [-0.05, 0) is 61.3 Å². The van der Waals surface area contributed by atoms with E-state index in [-0.39, 0.29) is 36.5 Å². The third kappa shape index (κ3) is 5.72. The summed E-state index contributed by atoms with van der Waals surface area (Å²) in [5, 5.41) is 9.55. The molecule has 3 aliphatic heterocycles. The van der Waals surface area contributed by atoms with E-state index in [1.807, 2.05) is 42.5 Å². The minimum absolute atomic E-state index is 0.00468. The van der Waals surface area contributed by atoms with Gasteiger partial charge in [-0.2, -0.15) is 0 Å². The smallest absolute Gasteiger partial charge is 0.266 e. The van der Waals surface area contributed by atoms with Gasteiger partial charge in [0.1, 0.15) is 0 Å². The molecule has 1 N–H and O–H groups in total. The summed E-state index contributed by atoms with van der Waals surface area (Å²) in [6.07, 6.45) is 5.31. The number of imide groups is 1. The predicted octanol–water partition coefficient (Wildman–Crippen LogP) is 6.04. The number of fused-ring (bicyclic) bond motifs is 1. The van der Waals surface area contributed by atoms with Crippen LogP contribution < -0.4 is 4.90 Å². The summed E-state index contributed by atoms with van der Waals surface area (Å²) >= 11 is 0. The van der Waals surface area contributed by atoms with Gasteiger partial charge in [0.05, 0.1) is 35.6 Å². The van der Waals surface area contributed by atoms with E-state index in [4.69, 9.17) is 9.47 Å². The summed E-state index contributed by atoms with van der Waals surface area (Å²) in [5.74, 6) is -0.548. The van der Waals surface area contributed by atoms with Gasteiger partial charge in [-0.15, -0.1) is 0 Å². The molecule has 7 heteroatoms. The molecule has 7 nitrogen and oxygen atoms in total. The molecule has 0 radical (unpaired) electrons. The molecule has 0 spiro atoms. The van der Waals surface area contributed by atoms with E-state index in [0.717, 1.165) is 36.3 Å². The Morgan fingerprint density at radius 2 is 1.44 bits per heavy atom. The largest absolute Gasteiger partial charge is 0.392 e. The first-order valence-corrected chi connectivity index (χ1v) is 14.8. The van der Waals surface area contributed by atoms with Crippen LogP contribution in [0.15, 0.2) is 72.8 Å². The number of hydrogen-bond acceptors (Lipinski definition) is 6. The molecule has 3 aliphatic rings. The lowest BCUT2D eigenvalue weighted by Crippen LogP contribution is -2.45. The van der Waals surface area contributed by atoms with Crippen LogP contribution in [0, 0.1) is 5.92 Å². The summed E-state index contributed by atoms with van der Waals surface area (Å²) in [6, 6.07) is 22.2. The third-order valence-corrected chi connectivity index (χ3v) is 8.70. The molecule has 214 valence electrons. The Labute approximate surface area is 241 Å². The van der Waals surface area contributed by atoms with Crippen LogP contribution in [0.5, 0.6) is 0 Å². The van der Waals surface area contributed by atoms with Crippen molar-refractivity contribution < 1.29 is 24.2 Å². The van der Waals surface area contributed by atoms with Gasteiger partial charge in [0.15, 0.2) is 6.29 Å². The summed E-state index contributed by atoms with van der Waals surface area (Å²) in [7, 11) is 0. The van der Waals surface area contributed by atoms with Crippen molar-refractivity contribution in [2.24, 2.45) is 5.92 Å². The van der Waals surface area contributed by atoms with Crippen LogP contribution in [0.4, 0.5) is 5.69 Å². The van der Waals surface area contributed by atoms with E-state index in [2.05, 4.69) is 11.8 Å². The van der Waals surface area contributed by atoms with E-state index in [0.29, 0.717) is 16.8 Å². The van der Waals surface area contributed by atoms with Gasteiger partial charge < -0.3 is 19.5 Å². The summed E-state index contributed by atoms with van der Waals surface area (Å²) in [6.45, 7) is 5.15. The van der Waals surface area contributed by atoms with Crippen molar-refractivity contribution in [3.8, 4) is 0 Å². The Morgan fingerprint density at radius 1 is 0.780 bits per heavy atom. The Hall–Kier alpha value is -3.36. The number of anilines is 1. The van der Waals surface area contributed by atoms with Crippen LogP contribution in [-0.2, 0) is 16.1 Å². The number of amides is 2. The molecule has 3 aromatic carbocycles. The number of hydrogen-bond donors (Lipinski definition) is 1. The Kier molecular flexibility index (Phi) is 8.30. The van der Waals surface area contributed by atoms with E-state index in [1.54, 1.807) is 30.3 Å². The quantitative estimate of drug-likeness (QED) is 0.375. The number of carbonyl (C=O) groups is 2. The number of likely N-dealkylation sites (tertiary alicyclic amines) is 1. The molecule has 2 fully saturated rings. The highest BCUT2D eigenvalue weighted by Crippen LogP contribution is 2.43. The van der Waals surface area contributed by atoms with Gasteiger partial charge in [0, 0.05) is 18.0 Å². The highest BCUT2D eigenvalue weighted by atomic mass is 16.7. The molecule has 2 saturated heterocycles. The Balaban J connectivity index is 1.29. The zero-order valence-electron chi connectivity index (χ0n) is 23.6. The maximum atomic E-state index is 13.2. The molecule has 2 amide bonds. The maximum Gasteiger partial charge on any atom is 0.266 e. The van der Waals surface area contributed by atoms with Gasteiger partial charge >= 0.3 is 0 Å². The minimum Gasteiger partial charge on any atom is -0.392 e. The number of nitrogens with zero attached hydrogens (tertiary/aromatic N) is 2. The number of carbonyl (C=O) groups excluding carboxylic acids is 2. The fourth-order valence-electron chi connectivity index (χ4n) is 6.31. The first-order chi connectivity index (χ1) is 20.0. The van der Waals surface area contributed by atoms with Gasteiger partial charge in [-0.3, -0.25) is 9.59 Å². The van der Waals surface area contributed by atoms with Gasteiger partial charge in [0.25, 0.3) is 11.8 Å². The zero-order chi connectivity index (χ0) is 28.3. The lowest BCUT2D eigenvalue weighted by atomic mass is 9.89. The van der Waals surface area contributed by atoms with Crippen LogP contribution in [0.25, 0.3) is 0 Å². The monoisotopic (exact) mass is 554 g/mol. The fraction of sp³-hybridized carbons (Fsp3) is 0.412. The molecule has 0 unspecified atom stereocenters. The third-order valence-electron chi connectivity index (χ3n) is 8.70. The topological polar surface area (TPSA) is 79.3 Å². The highest BCUT2D eigenvalue weighted by Gasteiger charge is 2.40. The highest BCUT2D eigenvalue weighted by molar-refractivity contribution is 6.34. The summed E-state index contributed by atoms with van der Waals surface area (Å²) in [4.78, 5) is 30.1. The van der Waals surface area contributed by atoms with E-state index in [9.17, 15) is 14.7 Å². The molecule has 0 saturated carbocycles. The molecule has 3 heterocycles. The maximum absolute atomic E-state index is 13.2. The second-order valence-electron chi connectivity index (χ2n) is 11.5. The lowest BCUT2D eigenvalue weighted by Gasteiger charge is -2.43. The summed E-state index contributed by atoms with van der Waals surface area (Å²) in [5.41, 5.74) is 4.00. The van der Waals surface area contributed by atoms with Crippen molar-refractivity contribution in [1.82, 2.24) is 4.90 Å². The number of benzene rings is 3. The molecule has 4 atom stereocenters. The second-order valence-corrected chi connectivity index (χ2v) is 11.5. The molecule has 3 aromatic rings. The van der Waals surface area contributed by atoms with Crippen molar-refractivity contribution >= 4 is 17.5 Å². The first-order valence-electron chi connectivity index (χ1n) is 14.8. The molecule has 0 bridgehead atoms. The SMILES string of the molecule is C[C@H]1[C@@H](CN2CCCCCCC2)O[C@@H](c2cccc(N3C(=O)c4ccccc4C3=O)c2)O[C@H]1c1ccc(CO)cc1. The van der Waals surface area contributed by atoms with Crippen LogP contribution >= 0.6 is 0 Å². The van der Waals surface area contributed by atoms with Crippen LogP contribution in [0.3, 0.4) is 0 Å². The molecular formula is C34H38N2O5. The molecule has 0 aromatic heterocycles. The van der Waals surface area contributed by atoms with E-state index < -0.39 is 6.29 Å². The van der Waals surface area contributed by atoms with E-state index >= 15 is 0 Å². The Morgan fingerprint density at radius 3 is 2.10 bits per heavy atom. The van der Waals surface area contributed by atoms with Gasteiger partial charge in [-0.25, -0.2) is 4.90 Å². The Bertz CT molecular complexity index is 1350. The van der Waals surface area contributed by atoms with Crippen molar-refractivity contribution in [3.05, 3.63) is 101 Å². The first kappa shape index (κ1) is 27.8. The zero-order valence-corrected chi connectivity index (χ0v) is 23.6. The molecule has 6 rings (SSSR count). The molecular weight excluding hydrogens is 516 g/mol. The molecule has 41 heavy (non-hydrogen) atoms. The number of aliphatic hydroxyl groups excluding tert-OH is 1. The van der Waals surface area contributed by atoms with E-state index in [1.165, 1.54) is 37.0 Å². The molecule has 0 aliphatic carbocycles. The predicted molar refractivity (Wildman–Crippen MR) is 157 cm³/mol. The average Bonchev–Trinajstić information content (AvgIpc) is 3.25. The standard InChI is InChI=1S/C34H38N2O5/c1-23-30(21-35-18-7-3-2-4-8-19-35)40-34(41-31(23)25-16-14-24(22-37)15-17-25)26-10-9-11-27(20-26)36-32(38)28-12-5-6-13-29(28)33(36)39/h5-6,9-17,20,23,30-31,34,37H,2-4,7-8,18-19,21-22H2,1H3/t23-,30+,31+,34+/m0/s1. The summed E-state index contributed by atoms with van der Waals surface area (Å²) < 4.78 is 13.3. The number of rotatable bonds is 6. The van der Waals surface area contributed by atoms with Gasteiger partial charge in [0.2, 0.25) is 0 Å². The number of aliphatic hydroxyl groups is 1.